The van der Waals surface area contributed by atoms with Gasteiger partial charge in [0, 0.05) is 38.5 Å². The number of nitrogens with two attached hydrogens (primary N) is 1. The lowest BCUT2D eigenvalue weighted by Gasteiger charge is -2.22. The van der Waals surface area contributed by atoms with E-state index in [4.69, 9.17) is 17.3 Å². The summed E-state index contributed by atoms with van der Waals surface area (Å²) in [5.74, 6) is -0.193. The zero-order valence-electron chi connectivity index (χ0n) is 13.9. The van der Waals surface area contributed by atoms with Crippen molar-refractivity contribution in [3.63, 3.8) is 0 Å². The number of aromatic nitrogens is 1. The summed E-state index contributed by atoms with van der Waals surface area (Å²) in [4.78, 5) is 32.3. The molecular weight excluding hydrogens is 340 g/mol. The second-order valence-electron chi connectivity index (χ2n) is 6.04. The summed E-state index contributed by atoms with van der Waals surface area (Å²) in [6, 6.07) is 1.50. The van der Waals surface area contributed by atoms with E-state index in [1.807, 2.05) is 19.1 Å². The smallest absolute Gasteiger partial charge is 0.273 e. The maximum atomic E-state index is 12.6. The molecule has 1 aromatic heterocycles. The molecule has 0 spiro atoms. The molecule has 7 heteroatoms. The largest absolute Gasteiger partial charge is 0.397 e. The Bertz CT molecular complexity index is 795. The molecule has 130 valence electrons. The lowest BCUT2D eigenvalue weighted by atomic mass is 10.2. The highest BCUT2D eigenvalue weighted by Gasteiger charge is 2.34. The number of carbonyl (C=O) groups is 2. The fraction of sp³-hybridized carbons (Fsp3) is 0.278. The molecule has 25 heavy (non-hydrogen) atoms. The van der Waals surface area contributed by atoms with E-state index in [0.29, 0.717) is 36.9 Å². The van der Waals surface area contributed by atoms with E-state index in [-0.39, 0.29) is 17.5 Å². The summed E-state index contributed by atoms with van der Waals surface area (Å²) < 4.78 is 0. The molecule has 2 aliphatic heterocycles. The Morgan fingerprint density at radius 3 is 2.40 bits per heavy atom. The van der Waals surface area contributed by atoms with Gasteiger partial charge in [-0.1, -0.05) is 29.8 Å². The summed E-state index contributed by atoms with van der Waals surface area (Å²) in [7, 11) is 0. The Balaban J connectivity index is 1.61. The van der Waals surface area contributed by atoms with Gasteiger partial charge in [0.1, 0.15) is 5.69 Å². The minimum Gasteiger partial charge on any atom is -0.397 e. The predicted octanol–water partition coefficient (Wildman–Crippen LogP) is 2.04. The maximum absolute atomic E-state index is 12.6. The summed E-state index contributed by atoms with van der Waals surface area (Å²) in [5.41, 5.74) is 8.62. The second kappa shape index (κ2) is 7.11. The van der Waals surface area contributed by atoms with Crippen molar-refractivity contribution in [2.45, 2.75) is 6.92 Å². The third-order valence-corrected chi connectivity index (χ3v) is 4.59. The number of nitrogens with zero attached hydrogens (tertiary/aromatic N) is 3. The van der Waals surface area contributed by atoms with Crippen molar-refractivity contribution < 1.29 is 9.59 Å². The van der Waals surface area contributed by atoms with Crippen LogP contribution in [0.2, 0.25) is 5.02 Å². The molecule has 0 unspecified atom stereocenters. The van der Waals surface area contributed by atoms with Crippen LogP contribution in [0.15, 0.2) is 47.7 Å². The highest BCUT2D eigenvalue weighted by molar-refractivity contribution is 6.33. The zero-order valence-corrected chi connectivity index (χ0v) is 14.7. The van der Waals surface area contributed by atoms with Gasteiger partial charge in [-0.25, -0.2) is 4.98 Å². The number of pyridine rings is 1. The highest BCUT2D eigenvalue weighted by Crippen LogP contribution is 2.27. The van der Waals surface area contributed by atoms with Crippen molar-refractivity contribution in [2.75, 3.05) is 31.9 Å². The number of allylic oxidation sites excluding steroid dienone is 3. The fourth-order valence-corrected chi connectivity index (χ4v) is 3.07. The molecule has 2 amide bonds. The molecule has 0 bridgehead atoms. The summed E-state index contributed by atoms with van der Waals surface area (Å²) >= 11 is 5.85. The lowest BCUT2D eigenvalue weighted by Crippen LogP contribution is -2.36. The Morgan fingerprint density at radius 2 is 1.80 bits per heavy atom. The van der Waals surface area contributed by atoms with Crippen LogP contribution in [0, 0.1) is 0 Å². The Morgan fingerprint density at radius 1 is 1.16 bits per heavy atom. The predicted molar refractivity (Wildman–Crippen MR) is 97.1 cm³/mol. The van der Waals surface area contributed by atoms with E-state index in [9.17, 15) is 9.59 Å². The van der Waals surface area contributed by atoms with E-state index in [2.05, 4.69) is 4.98 Å². The van der Waals surface area contributed by atoms with E-state index in [1.165, 1.54) is 12.3 Å². The molecule has 3 heterocycles. The molecule has 2 N–H and O–H groups in total. The molecule has 2 aliphatic rings. The first-order valence-corrected chi connectivity index (χ1v) is 8.35. The van der Waals surface area contributed by atoms with Crippen molar-refractivity contribution in [1.29, 1.82) is 0 Å². The number of nitrogen functional groups attached to an aromatic ring is 1. The van der Waals surface area contributed by atoms with Crippen LogP contribution in [0.5, 0.6) is 0 Å². The first kappa shape index (κ1) is 17.2. The van der Waals surface area contributed by atoms with Crippen molar-refractivity contribution in [3.8, 4) is 0 Å². The minimum atomic E-state index is -0.177. The minimum absolute atomic E-state index is 0.0162. The molecule has 0 aliphatic carbocycles. The van der Waals surface area contributed by atoms with Crippen LogP contribution in [0.3, 0.4) is 0 Å². The molecule has 0 atom stereocenters. The van der Waals surface area contributed by atoms with Gasteiger partial charge in [-0.15, -0.1) is 0 Å². The molecule has 3 rings (SSSR count). The fourth-order valence-electron chi connectivity index (χ4n) is 2.97. The average Bonchev–Trinajstić information content (AvgIpc) is 3.16. The van der Waals surface area contributed by atoms with Crippen molar-refractivity contribution in [1.82, 2.24) is 14.8 Å². The van der Waals surface area contributed by atoms with Crippen LogP contribution < -0.4 is 5.73 Å². The van der Waals surface area contributed by atoms with Gasteiger partial charge < -0.3 is 15.5 Å². The molecule has 1 aromatic rings. The first-order chi connectivity index (χ1) is 12.0. The molecular formula is C18H19ClN4O2. The van der Waals surface area contributed by atoms with Crippen LogP contribution in [-0.4, -0.2) is 52.8 Å². The maximum Gasteiger partial charge on any atom is 0.273 e. The van der Waals surface area contributed by atoms with E-state index >= 15 is 0 Å². The number of anilines is 1. The number of rotatable bonds is 3. The number of hydrogen-bond acceptors (Lipinski definition) is 4. The van der Waals surface area contributed by atoms with Gasteiger partial charge in [0.2, 0.25) is 5.91 Å². The number of halogens is 1. The summed E-state index contributed by atoms with van der Waals surface area (Å²) in [5, 5.41) is 0.332. The SMILES string of the molecule is C/C=C/C=C/C(=O)N1CC2=C(C1)CN(C(=O)c1cc(N)c(Cl)cn1)C2. The normalized spacial score (nSPS) is 17.2. The van der Waals surface area contributed by atoms with Crippen molar-refractivity contribution >= 4 is 29.1 Å². The Kier molecular flexibility index (Phi) is 4.90. The Labute approximate surface area is 151 Å². The molecule has 0 aromatic carbocycles. The molecule has 0 fully saturated rings. The van der Waals surface area contributed by atoms with Gasteiger partial charge in [0.15, 0.2) is 0 Å². The first-order valence-electron chi connectivity index (χ1n) is 7.98. The highest BCUT2D eigenvalue weighted by atomic mass is 35.5. The third kappa shape index (κ3) is 3.58. The van der Waals surface area contributed by atoms with Gasteiger partial charge in [0.25, 0.3) is 5.91 Å². The molecule has 0 radical (unpaired) electrons. The zero-order chi connectivity index (χ0) is 18.0. The standard InChI is InChI=1S/C18H19ClN4O2/c1-2-3-4-5-17(24)22-8-12-10-23(11-13(12)9-22)18(25)16-6-15(20)14(19)7-21-16/h2-7H,8-11H2,1H3,(H2,20,21)/b3-2+,5-4+. The number of hydrogen-bond donors (Lipinski definition) is 1. The van der Waals surface area contributed by atoms with E-state index in [1.54, 1.807) is 22.0 Å². The lowest BCUT2D eigenvalue weighted by molar-refractivity contribution is -0.124. The van der Waals surface area contributed by atoms with Gasteiger partial charge in [-0.3, -0.25) is 9.59 Å². The van der Waals surface area contributed by atoms with E-state index < -0.39 is 0 Å². The van der Waals surface area contributed by atoms with Crippen LogP contribution in [0.1, 0.15) is 17.4 Å². The van der Waals surface area contributed by atoms with Crippen LogP contribution >= 0.6 is 11.6 Å². The quantitative estimate of drug-likeness (QED) is 0.509. The summed E-state index contributed by atoms with van der Waals surface area (Å²) in [6.45, 7) is 4.06. The summed E-state index contributed by atoms with van der Waals surface area (Å²) in [6.07, 6.45) is 8.37. The third-order valence-electron chi connectivity index (χ3n) is 4.27. The van der Waals surface area contributed by atoms with Crippen molar-refractivity contribution in [2.24, 2.45) is 0 Å². The van der Waals surface area contributed by atoms with Gasteiger partial charge in [-0.05, 0) is 24.1 Å². The molecule has 0 saturated heterocycles. The monoisotopic (exact) mass is 358 g/mol. The van der Waals surface area contributed by atoms with Gasteiger partial charge in [-0.2, -0.15) is 0 Å². The Hall–Kier alpha value is -2.60. The number of amides is 2. The van der Waals surface area contributed by atoms with Crippen LogP contribution in [0.25, 0.3) is 0 Å². The second-order valence-corrected chi connectivity index (χ2v) is 6.45. The number of carbonyl (C=O) groups excluding carboxylic acids is 2. The van der Waals surface area contributed by atoms with Gasteiger partial charge in [0.05, 0.1) is 10.7 Å². The topological polar surface area (TPSA) is 79.5 Å². The van der Waals surface area contributed by atoms with Crippen LogP contribution in [0.4, 0.5) is 5.69 Å². The molecule has 0 saturated carbocycles. The van der Waals surface area contributed by atoms with Gasteiger partial charge >= 0.3 is 0 Å². The van der Waals surface area contributed by atoms with Crippen molar-refractivity contribution in [3.05, 3.63) is 58.4 Å². The van der Waals surface area contributed by atoms with Crippen LogP contribution in [-0.2, 0) is 4.79 Å². The average molecular weight is 359 g/mol. The molecule has 6 nitrogen and oxygen atoms in total. The van der Waals surface area contributed by atoms with E-state index in [0.717, 1.165) is 11.1 Å².